The number of methoxy groups -OCH3 is 1. The van der Waals surface area contributed by atoms with Crippen LogP contribution in [0, 0.1) is 11.3 Å². The number of epoxide rings is 1. The first kappa shape index (κ1) is 13.8. The fourth-order valence-corrected chi connectivity index (χ4v) is 3.13. The Kier molecular flexibility index (Phi) is 3.07. The summed E-state index contributed by atoms with van der Waals surface area (Å²) in [6.07, 6.45) is -0.246. The van der Waals surface area contributed by atoms with Crippen LogP contribution in [-0.2, 0) is 10.3 Å². The molecule has 1 saturated heterocycles. The van der Waals surface area contributed by atoms with Gasteiger partial charge in [0.05, 0.1) is 7.11 Å². The molecule has 1 aliphatic rings. The van der Waals surface area contributed by atoms with Crippen LogP contribution in [0.1, 0.15) is 17.2 Å². The van der Waals surface area contributed by atoms with Crippen LogP contribution in [0.4, 0.5) is 0 Å². The second-order valence-corrected chi connectivity index (χ2v) is 5.65. The molecule has 0 radical (unpaired) electrons. The third-order valence-corrected chi connectivity index (χ3v) is 4.39. The summed E-state index contributed by atoms with van der Waals surface area (Å²) >= 11 is 0. The maximum absolute atomic E-state index is 9.80. The summed E-state index contributed by atoms with van der Waals surface area (Å²) in [5.41, 5.74) is 1.01. The number of benzene rings is 3. The molecule has 1 aliphatic heterocycles. The Morgan fingerprint density at radius 1 is 1.00 bits per heavy atom. The van der Waals surface area contributed by atoms with Crippen LogP contribution in [0.3, 0.4) is 0 Å². The van der Waals surface area contributed by atoms with E-state index < -0.39 is 5.60 Å². The number of hydrogen-bond acceptors (Lipinski definition) is 3. The van der Waals surface area contributed by atoms with Crippen molar-refractivity contribution >= 4 is 10.8 Å². The van der Waals surface area contributed by atoms with Gasteiger partial charge in [0.2, 0.25) is 5.60 Å². The van der Waals surface area contributed by atoms with E-state index in [1.165, 1.54) is 0 Å². The summed E-state index contributed by atoms with van der Waals surface area (Å²) in [5, 5.41) is 12.0. The molecule has 3 aromatic rings. The summed E-state index contributed by atoms with van der Waals surface area (Å²) in [4.78, 5) is 0. The first-order valence-corrected chi connectivity index (χ1v) is 7.50. The Balaban J connectivity index is 1.78. The molecule has 0 aromatic heterocycles. The molecule has 112 valence electrons. The van der Waals surface area contributed by atoms with Crippen LogP contribution in [0.2, 0.25) is 0 Å². The Bertz CT molecular complexity index is 906. The summed E-state index contributed by atoms with van der Waals surface area (Å²) in [6.45, 7) is 0. The molecule has 3 heteroatoms. The standard InChI is InChI=1S/C20H15NO2/c1-22-16-11-9-15(10-12-16)19-20(13-21,23-19)18-8-4-6-14-5-2-3-7-17(14)18/h2-12,19H,1H3. The van der Waals surface area contributed by atoms with Crippen LogP contribution in [0.5, 0.6) is 5.75 Å². The van der Waals surface area contributed by atoms with E-state index in [1.54, 1.807) is 7.11 Å². The van der Waals surface area contributed by atoms with E-state index in [1.807, 2.05) is 54.6 Å². The Labute approximate surface area is 134 Å². The van der Waals surface area contributed by atoms with Crippen LogP contribution >= 0.6 is 0 Å². The van der Waals surface area contributed by atoms with Gasteiger partial charge in [0, 0.05) is 5.56 Å². The third kappa shape index (κ3) is 2.08. The summed E-state index contributed by atoms with van der Waals surface area (Å²) < 4.78 is 11.1. The maximum Gasteiger partial charge on any atom is 0.211 e. The van der Waals surface area contributed by atoms with E-state index in [2.05, 4.69) is 18.2 Å². The van der Waals surface area contributed by atoms with E-state index in [4.69, 9.17) is 9.47 Å². The largest absolute Gasteiger partial charge is 0.497 e. The van der Waals surface area contributed by atoms with Crippen LogP contribution in [0.25, 0.3) is 10.8 Å². The van der Waals surface area contributed by atoms with Crippen molar-refractivity contribution in [3.63, 3.8) is 0 Å². The van der Waals surface area contributed by atoms with E-state index >= 15 is 0 Å². The minimum absolute atomic E-state index is 0.246. The fourth-order valence-electron chi connectivity index (χ4n) is 3.13. The molecule has 0 amide bonds. The molecule has 0 bridgehead atoms. The SMILES string of the molecule is COc1ccc(C2OC2(C#N)c2cccc3ccccc23)cc1. The van der Waals surface area contributed by atoms with Crippen molar-refractivity contribution in [2.75, 3.05) is 7.11 Å². The van der Waals surface area contributed by atoms with Crippen molar-refractivity contribution in [1.82, 2.24) is 0 Å². The molecule has 0 aliphatic carbocycles. The summed E-state index contributed by atoms with van der Waals surface area (Å²) in [7, 11) is 1.64. The zero-order valence-corrected chi connectivity index (χ0v) is 12.7. The van der Waals surface area contributed by atoms with Crippen molar-refractivity contribution in [3.05, 3.63) is 77.9 Å². The number of nitriles is 1. The second-order valence-electron chi connectivity index (χ2n) is 5.65. The Morgan fingerprint density at radius 3 is 2.48 bits per heavy atom. The van der Waals surface area contributed by atoms with Gasteiger partial charge in [-0.3, -0.25) is 0 Å². The van der Waals surface area contributed by atoms with Crippen molar-refractivity contribution in [2.45, 2.75) is 11.7 Å². The van der Waals surface area contributed by atoms with Crippen LogP contribution in [0.15, 0.2) is 66.7 Å². The zero-order valence-electron chi connectivity index (χ0n) is 12.7. The van der Waals surface area contributed by atoms with Gasteiger partial charge >= 0.3 is 0 Å². The van der Waals surface area contributed by atoms with Crippen molar-refractivity contribution in [2.24, 2.45) is 0 Å². The van der Waals surface area contributed by atoms with Gasteiger partial charge in [-0.15, -0.1) is 0 Å². The Hall–Kier alpha value is -2.83. The molecule has 0 saturated carbocycles. The highest BCUT2D eigenvalue weighted by atomic mass is 16.6. The highest BCUT2D eigenvalue weighted by Crippen LogP contribution is 2.57. The zero-order chi connectivity index (χ0) is 15.9. The van der Waals surface area contributed by atoms with Gasteiger partial charge in [-0.05, 0) is 28.5 Å². The molecule has 1 fully saturated rings. The quantitative estimate of drug-likeness (QED) is 0.676. The number of fused-ring (bicyclic) bond motifs is 1. The lowest BCUT2D eigenvalue weighted by Gasteiger charge is -2.09. The lowest BCUT2D eigenvalue weighted by atomic mass is 9.89. The molecule has 0 N–H and O–H groups in total. The minimum atomic E-state index is -0.907. The number of hydrogen-bond donors (Lipinski definition) is 0. The molecule has 0 spiro atoms. The first-order chi connectivity index (χ1) is 11.3. The van der Waals surface area contributed by atoms with Gasteiger partial charge in [0.25, 0.3) is 0 Å². The molecular formula is C20H15NO2. The molecule has 3 aromatic carbocycles. The van der Waals surface area contributed by atoms with Gasteiger partial charge in [0.1, 0.15) is 17.9 Å². The topological polar surface area (TPSA) is 45.5 Å². The molecule has 2 atom stereocenters. The second kappa shape index (κ2) is 5.12. The number of nitrogens with zero attached hydrogens (tertiary/aromatic N) is 1. The van der Waals surface area contributed by atoms with Gasteiger partial charge in [-0.2, -0.15) is 5.26 Å². The van der Waals surface area contributed by atoms with E-state index in [0.29, 0.717) is 0 Å². The highest BCUT2D eigenvalue weighted by Gasteiger charge is 2.60. The predicted octanol–water partition coefficient (Wildman–Crippen LogP) is 4.34. The van der Waals surface area contributed by atoms with Gasteiger partial charge in [0.15, 0.2) is 0 Å². The first-order valence-electron chi connectivity index (χ1n) is 7.50. The molecule has 2 unspecified atom stereocenters. The van der Waals surface area contributed by atoms with Crippen molar-refractivity contribution < 1.29 is 9.47 Å². The lowest BCUT2D eigenvalue weighted by molar-refractivity contribution is 0.341. The average molecular weight is 301 g/mol. The Morgan fingerprint density at radius 2 is 1.74 bits per heavy atom. The highest BCUT2D eigenvalue weighted by molar-refractivity contribution is 5.87. The van der Waals surface area contributed by atoms with E-state index in [0.717, 1.165) is 27.6 Å². The third-order valence-electron chi connectivity index (χ3n) is 4.39. The lowest BCUT2D eigenvalue weighted by Crippen LogP contribution is -2.07. The normalized spacial score (nSPS) is 22.5. The van der Waals surface area contributed by atoms with Crippen LogP contribution in [-0.4, -0.2) is 7.11 Å². The van der Waals surface area contributed by atoms with E-state index in [9.17, 15) is 5.26 Å². The average Bonchev–Trinajstić information content (AvgIpc) is 3.37. The monoisotopic (exact) mass is 301 g/mol. The van der Waals surface area contributed by atoms with Crippen LogP contribution < -0.4 is 4.74 Å². The number of rotatable bonds is 3. The maximum atomic E-state index is 9.80. The molecular weight excluding hydrogens is 286 g/mol. The summed E-state index contributed by atoms with van der Waals surface area (Å²) in [6, 6.07) is 24.2. The predicted molar refractivity (Wildman–Crippen MR) is 88.1 cm³/mol. The fraction of sp³-hybridized carbons (Fsp3) is 0.150. The van der Waals surface area contributed by atoms with E-state index in [-0.39, 0.29) is 6.10 Å². The minimum Gasteiger partial charge on any atom is -0.497 e. The molecule has 23 heavy (non-hydrogen) atoms. The molecule has 1 heterocycles. The molecule has 4 rings (SSSR count). The van der Waals surface area contributed by atoms with Crippen molar-refractivity contribution in [3.8, 4) is 11.8 Å². The number of ether oxygens (including phenoxy) is 2. The van der Waals surface area contributed by atoms with Gasteiger partial charge in [-0.1, -0.05) is 54.6 Å². The van der Waals surface area contributed by atoms with Crippen molar-refractivity contribution in [1.29, 1.82) is 5.26 Å². The van der Waals surface area contributed by atoms with Gasteiger partial charge < -0.3 is 9.47 Å². The summed E-state index contributed by atoms with van der Waals surface area (Å²) in [5.74, 6) is 0.794. The molecule has 3 nitrogen and oxygen atoms in total. The van der Waals surface area contributed by atoms with Gasteiger partial charge in [-0.25, -0.2) is 0 Å². The smallest absolute Gasteiger partial charge is 0.211 e.